The molecule has 90 valence electrons. The highest BCUT2D eigenvalue weighted by Crippen LogP contribution is 2.20. The summed E-state index contributed by atoms with van der Waals surface area (Å²) < 4.78 is 0. The molecule has 17 heavy (non-hydrogen) atoms. The number of carbonyl (C=O) groups excluding carboxylic acids is 2. The number of benzene rings is 1. The molecule has 0 saturated carbocycles. The third kappa shape index (κ3) is 2.30. The van der Waals surface area contributed by atoms with Crippen LogP contribution in [-0.4, -0.2) is 18.4 Å². The van der Waals surface area contributed by atoms with Crippen molar-refractivity contribution >= 4 is 17.5 Å². The second-order valence-electron chi connectivity index (χ2n) is 4.44. The Labute approximate surface area is 100 Å². The van der Waals surface area contributed by atoms with Crippen LogP contribution in [0.4, 0.5) is 5.69 Å². The van der Waals surface area contributed by atoms with Gasteiger partial charge in [0.1, 0.15) is 0 Å². The van der Waals surface area contributed by atoms with Crippen LogP contribution in [0.25, 0.3) is 0 Å². The monoisotopic (exact) mass is 232 g/mol. The Bertz CT molecular complexity index is 468. The summed E-state index contributed by atoms with van der Waals surface area (Å²) in [6.45, 7) is 5.17. The van der Waals surface area contributed by atoms with Gasteiger partial charge in [0.15, 0.2) is 0 Å². The van der Waals surface area contributed by atoms with Crippen molar-refractivity contribution in [2.45, 2.75) is 20.3 Å². The van der Waals surface area contributed by atoms with Crippen molar-refractivity contribution in [1.29, 1.82) is 0 Å². The van der Waals surface area contributed by atoms with Crippen molar-refractivity contribution in [3.8, 4) is 0 Å². The van der Waals surface area contributed by atoms with Gasteiger partial charge in [-0.2, -0.15) is 0 Å². The van der Waals surface area contributed by atoms with Crippen molar-refractivity contribution in [2.75, 3.05) is 11.9 Å². The summed E-state index contributed by atoms with van der Waals surface area (Å²) in [7, 11) is 0. The lowest BCUT2D eigenvalue weighted by atomic mass is 10.1. The second kappa shape index (κ2) is 4.57. The fourth-order valence-electron chi connectivity index (χ4n) is 1.71. The lowest BCUT2D eigenvalue weighted by Gasteiger charge is -2.11. The van der Waals surface area contributed by atoms with E-state index < -0.39 is 0 Å². The largest absolute Gasteiger partial charge is 0.385 e. The van der Waals surface area contributed by atoms with E-state index in [1.165, 1.54) is 0 Å². The molecular formula is C13H16N2O2. The Kier molecular flexibility index (Phi) is 3.13. The summed E-state index contributed by atoms with van der Waals surface area (Å²) in [5, 5.41) is 5.55. The summed E-state index contributed by atoms with van der Waals surface area (Å²) in [6, 6.07) is 5.26. The van der Waals surface area contributed by atoms with Gasteiger partial charge in [0.25, 0.3) is 11.8 Å². The predicted octanol–water partition coefficient (Wildman–Crippen LogP) is 2.03. The van der Waals surface area contributed by atoms with E-state index in [9.17, 15) is 9.59 Å². The number of imide groups is 1. The van der Waals surface area contributed by atoms with E-state index in [0.29, 0.717) is 17.0 Å². The van der Waals surface area contributed by atoms with E-state index >= 15 is 0 Å². The first kappa shape index (κ1) is 11.6. The summed E-state index contributed by atoms with van der Waals surface area (Å²) in [4.78, 5) is 22.8. The van der Waals surface area contributed by atoms with Crippen LogP contribution in [0, 0.1) is 5.92 Å². The zero-order valence-corrected chi connectivity index (χ0v) is 10.0. The molecule has 1 aliphatic rings. The number of hydrogen-bond donors (Lipinski definition) is 2. The van der Waals surface area contributed by atoms with Gasteiger partial charge in [-0.05, 0) is 24.1 Å². The van der Waals surface area contributed by atoms with Crippen LogP contribution in [0.1, 0.15) is 41.0 Å². The Morgan fingerprint density at radius 3 is 2.65 bits per heavy atom. The van der Waals surface area contributed by atoms with Crippen molar-refractivity contribution in [1.82, 2.24) is 5.32 Å². The van der Waals surface area contributed by atoms with Crippen LogP contribution in [0.2, 0.25) is 0 Å². The highest BCUT2D eigenvalue weighted by molar-refractivity contribution is 6.21. The van der Waals surface area contributed by atoms with Crippen LogP contribution in [0.15, 0.2) is 18.2 Å². The molecule has 1 unspecified atom stereocenters. The van der Waals surface area contributed by atoms with E-state index in [1.54, 1.807) is 12.1 Å². The molecule has 0 spiro atoms. The third-order valence-electron chi connectivity index (χ3n) is 3.09. The molecule has 2 N–H and O–H groups in total. The minimum atomic E-state index is -0.308. The summed E-state index contributed by atoms with van der Waals surface area (Å²) in [5.41, 5.74) is 1.81. The molecule has 2 rings (SSSR count). The van der Waals surface area contributed by atoms with Crippen molar-refractivity contribution in [3.63, 3.8) is 0 Å². The molecule has 0 saturated heterocycles. The van der Waals surface area contributed by atoms with Gasteiger partial charge in [-0.25, -0.2) is 0 Å². The van der Waals surface area contributed by atoms with Gasteiger partial charge in [0.05, 0.1) is 11.1 Å². The van der Waals surface area contributed by atoms with E-state index in [-0.39, 0.29) is 11.8 Å². The van der Waals surface area contributed by atoms with Crippen molar-refractivity contribution in [2.24, 2.45) is 5.92 Å². The maximum absolute atomic E-state index is 11.5. The first-order valence-electron chi connectivity index (χ1n) is 5.85. The van der Waals surface area contributed by atoms with Crippen LogP contribution in [-0.2, 0) is 0 Å². The van der Waals surface area contributed by atoms with E-state index in [1.807, 2.05) is 6.07 Å². The average Bonchev–Trinajstić information content (AvgIpc) is 2.62. The molecule has 1 aromatic rings. The quantitative estimate of drug-likeness (QED) is 0.781. The second-order valence-corrected chi connectivity index (χ2v) is 4.44. The minimum absolute atomic E-state index is 0.307. The highest BCUT2D eigenvalue weighted by Gasteiger charge is 2.26. The lowest BCUT2D eigenvalue weighted by molar-refractivity contribution is 0.0879. The standard InChI is InChI=1S/C13H16N2O2/c1-3-8(2)7-14-9-4-5-10-11(6-9)13(17)15-12(10)16/h4-6,8,14H,3,7H2,1-2H3,(H,15,16,17). The summed E-state index contributed by atoms with van der Waals surface area (Å²) >= 11 is 0. The van der Waals surface area contributed by atoms with Gasteiger partial charge in [-0.15, -0.1) is 0 Å². The fourth-order valence-corrected chi connectivity index (χ4v) is 1.71. The number of anilines is 1. The van der Waals surface area contributed by atoms with Gasteiger partial charge >= 0.3 is 0 Å². The van der Waals surface area contributed by atoms with E-state index in [0.717, 1.165) is 18.7 Å². The molecule has 4 nitrogen and oxygen atoms in total. The number of hydrogen-bond acceptors (Lipinski definition) is 3. The van der Waals surface area contributed by atoms with E-state index in [4.69, 9.17) is 0 Å². The van der Waals surface area contributed by atoms with Crippen molar-refractivity contribution in [3.05, 3.63) is 29.3 Å². The maximum atomic E-state index is 11.5. The summed E-state index contributed by atoms with van der Waals surface area (Å²) in [5.74, 6) is -0.0330. The van der Waals surface area contributed by atoms with Crippen LogP contribution in [0.3, 0.4) is 0 Å². The summed E-state index contributed by atoms with van der Waals surface area (Å²) in [6.07, 6.45) is 1.11. The molecule has 0 fully saturated rings. The average molecular weight is 232 g/mol. The number of rotatable bonds is 4. The van der Waals surface area contributed by atoms with Gasteiger partial charge < -0.3 is 5.32 Å². The molecule has 0 radical (unpaired) electrons. The highest BCUT2D eigenvalue weighted by atomic mass is 16.2. The van der Waals surface area contributed by atoms with Crippen molar-refractivity contribution < 1.29 is 9.59 Å². The number of fused-ring (bicyclic) bond motifs is 1. The molecule has 1 atom stereocenters. The van der Waals surface area contributed by atoms with Crippen LogP contribution in [0.5, 0.6) is 0 Å². The number of amides is 2. The topological polar surface area (TPSA) is 58.2 Å². The molecule has 1 aliphatic heterocycles. The maximum Gasteiger partial charge on any atom is 0.259 e. The first-order chi connectivity index (χ1) is 8.11. The predicted molar refractivity (Wildman–Crippen MR) is 66.2 cm³/mol. The normalized spacial score (nSPS) is 15.4. The van der Waals surface area contributed by atoms with Gasteiger partial charge in [-0.1, -0.05) is 20.3 Å². The molecule has 2 amide bonds. The smallest absolute Gasteiger partial charge is 0.259 e. The molecular weight excluding hydrogens is 216 g/mol. The molecule has 1 heterocycles. The molecule has 0 bridgehead atoms. The third-order valence-corrected chi connectivity index (χ3v) is 3.09. The first-order valence-corrected chi connectivity index (χ1v) is 5.85. The SMILES string of the molecule is CCC(C)CNc1ccc2c(c1)C(=O)NC2=O. The van der Waals surface area contributed by atoms with Gasteiger partial charge in [0.2, 0.25) is 0 Å². The Balaban J connectivity index is 2.14. The molecule has 4 heteroatoms. The minimum Gasteiger partial charge on any atom is -0.385 e. The van der Waals surface area contributed by atoms with E-state index in [2.05, 4.69) is 24.5 Å². The Hall–Kier alpha value is -1.84. The number of nitrogens with one attached hydrogen (secondary N) is 2. The Morgan fingerprint density at radius 1 is 1.24 bits per heavy atom. The molecule has 1 aromatic carbocycles. The van der Waals surface area contributed by atoms with Crippen LogP contribution < -0.4 is 10.6 Å². The lowest BCUT2D eigenvalue weighted by Crippen LogP contribution is -2.19. The van der Waals surface area contributed by atoms with Gasteiger partial charge in [0, 0.05) is 12.2 Å². The zero-order valence-electron chi connectivity index (χ0n) is 10.0. The number of carbonyl (C=O) groups is 2. The van der Waals surface area contributed by atoms with Gasteiger partial charge in [-0.3, -0.25) is 14.9 Å². The molecule has 0 aromatic heterocycles. The zero-order chi connectivity index (χ0) is 12.4. The Morgan fingerprint density at radius 2 is 1.94 bits per heavy atom. The molecule has 0 aliphatic carbocycles. The van der Waals surface area contributed by atoms with Crippen LogP contribution >= 0.6 is 0 Å². The fraction of sp³-hybridized carbons (Fsp3) is 0.385.